The molecule has 1 aliphatic heterocycles. The fourth-order valence-electron chi connectivity index (χ4n) is 4.86. The Morgan fingerprint density at radius 2 is 1.89 bits per heavy atom. The molecule has 3 N–H and O–H groups in total. The van der Waals surface area contributed by atoms with E-state index in [1.54, 1.807) is 6.20 Å². The predicted octanol–water partition coefficient (Wildman–Crippen LogP) is 5.40. The summed E-state index contributed by atoms with van der Waals surface area (Å²) < 4.78 is 40.3. The third kappa shape index (κ3) is 3.77. The number of aromatic nitrogens is 2. The number of alkyl halides is 3. The largest absolute Gasteiger partial charge is 0.416 e. The molecule has 2 aliphatic rings. The van der Waals surface area contributed by atoms with Crippen molar-refractivity contribution >= 4 is 11.5 Å². The number of anilines is 1. The summed E-state index contributed by atoms with van der Waals surface area (Å²) in [7, 11) is 0. The SMILES string of the molecule is N#CC1=C(N)N(c2cccc(C(F)(F)F)c2)C2=C(C(=O)CCC2)[C@H]1c1cn[nH]c1-c1ccccc1. The molecule has 176 valence electrons. The minimum absolute atomic E-state index is 0.00508. The van der Waals surface area contributed by atoms with Gasteiger partial charge in [-0.1, -0.05) is 36.4 Å². The van der Waals surface area contributed by atoms with Crippen LogP contribution in [0.1, 0.15) is 36.3 Å². The fourth-order valence-corrected chi connectivity index (χ4v) is 4.86. The number of nitrogens with two attached hydrogens (primary N) is 1. The molecule has 0 saturated carbocycles. The van der Waals surface area contributed by atoms with Crippen molar-refractivity contribution in [1.82, 2.24) is 10.2 Å². The zero-order valence-electron chi connectivity index (χ0n) is 18.4. The number of nitriles is 1. The number of benzene rings is 2. The number of halogens is 3. The Balaban J connectivity index is 1.73. The van der Waals surface area contributed by atoms with Crippen LogP contribution in [-0.2, 0) is 11.0 Å². The van der Waals surface area contributed by atoms with Gasteiger partial charge >= 0.3 is 6.18 Å². The van der Waals surface area contributed by atoms with Crippen molar-refractivity contribution in [2.45, 2.75) is 31.4 Å². The van der Waals surface area contributed by atoms with Gasteiger partial charge in [-0.15, -0.1) is 0 Å². The highest BCUT2D eigenvalue weighted by atomic mass is 19.4. The maximum absolute atomic E-state index is 13.4. The van der Waals surface area contributed by atoms with Crippen LogP contribution in [0, 0.1) is 11.3 Å². The summed E-state index contributed by atoms with van der Waals surface area (Å²) in [5.41, 5.74) is 8.87. The Labute approximate surface area is 199 Å². The van der Waals surface area contributed by atoms with Crippen molar-refractivity contribution in [2.24, 2.45) is 5.73 Å². The van der Waals surface area contributed by atoms with Gasteiger partial charge in [0.15, 0.2) is 5.78 Å². The molecule has 0 spiro atoms. The van der Waals surface area contributed by atoms with Crippen LogP contribution in [0.25, 0.3) is 11.3 Å². The number of Topliss-reactive ketones (excluding diaryl/α,β-unsaturated/α-hetero) is 1. The average molecular weight is 475 g/mol. The van der Waals surface area contributed by atoms with E-state index in [0.29, 0.717) is 35.4 Å². The molecule has 3 aromatic rings. The number of nitrogens with zero attached hydrogens (tertiary/aromatic N) is 3. The Morgan fingerprint density at radius 3 is 2.60 bits per heavy atom. The van der Waals surface area contributed by atoms with Gasteiger partial charge < -0.3 is 5.73 Å². The van der Waals surface area contributed by atoms with Crippen LogP contribution >= 0.6 is 0 Å². The van der Waals surface area contributed by atoms with Crippen LogP contribution in [0.4, 0.5) is 18.9 Å². The van der Waals surface area contributed by atoms with Crippen molar-refractivity contribution in [2.75, 3.05) is 4.90 Å². The van der Waals surface area contributed by atoms with Crippen LogP contribution in [-0.4, -0.2) is 16.0 Å². The van der Waals surface area contributed by atoms with Crippen LogP contribution in [0.15, 0.2) is 83.5 Å². The van der Waals surface area contributed by atoms with Gasteiger partial charge in [0.05, 0.1) is 35.0 Å². The van der Waals surface area contributed by atoms with E-state index in [4.69, 9.17) is 5.73 Å². The predicted molar refractivity (Wildman–Crippen MR) is 123 cm³/mol. The average Bonchev–Trinajstić information content (AvgIpc) is 3.33. The number of aromatic amines is 1. The maximum atomic E-state index is 13.4. The molecule has 0 fully saturated rings. The number of carbonyl (C=O) groups excluding carboxylic acids is 1. The van der Waals surface area contributed by atoms with Gasteiger partial charge in [-0.25, -0.2) is 0 Å². The van der Waals surface area contributed by atoms with E-state index < -0.39 is 17.7 Å². The smallest absolute Gasteiger partial charge is 0.384 e. The summed E-state index contributed by atoms with van der Waals surface area (Å²) >= 11 is 0. The van der Waals surface area contributed by atoms with Gasteiger partial charge in [0, 0.05) is 28.9 Å². The zero-order chi connectivity index (χ0) is 24.7. The molecule has 35 heavy (non-hydrogen) atoms. The number of rotatable bonds is 3. The Bertz CT molecular complexity index is 1410. The van der Waals surface area contributed by atoms with Crippen molar-refractivity contribution in [3.8, 4) is 17.3 Å². The van der Waals surface area contributed by atoms with Gasteiger partial charge in [-0.2, -0.15) is 23.5 Å². The first-order chi connectivity index (χ1) is 16.8. The van der Waals surface area contributed by atoms with E-state index in [1.807, 2.05) is 30.3 Å². The number of hydrogen-bond donors (Lipinski definition) is 2. The van der Waals surface area contributed by atoms with Gasteiger partial charge in [0.25, 0.3) is 0 Å². The highest BCUT2D eigenvalue weighted by Gasteiger charge is 2.42. The Kier molecular flexibility index (Phi) is 5.44. The van der Waals surface area contributed by atoms with E-state index in [0.717, 1.165) is 17.7 Å². The first kappa shape index (κ1) is 22.5. The minimum atomic E-state index is -4.55. The minimum Gasteiger partial charge on any atom is -0.384 e. The second-order valence-corrected chi connectivity index (χ2v) is 8.43. The van der Waals surface area contributed by atoms with Crippen LogP contribution < -0.4 is 10.6 Å². The van der Waals surface area contributed by atoms with Crippen LogP contribution in [0.5, 0.6) is 0 Å². The van der Waals surface area contributed by atoms with Crippen molar-refractivity contribution in [1.29, 1.82) is 5.26 Å². The fraction of sp³-hybridized carbons (Fsp3) is 0.192. The first-order valence-electron chi connectivity index (χ1n) is 11.0. The van der Waals surface area contributed by atoms with Crippen molar-refractivity contribution < 1.29 is 18.0 Å². The van der Waals surface area contributed by atoms with Gasteiger partial charge in [-0.3, -0.25) is 14.8 Å². The molecule has 0 unspecified atom stereocenters. The number of carbonyl (C=O) groups is 1. The molecular formula is C26H20F3N5O. The molecule has 9 heteroatoms. The summed E-state index contributed by atoms with van der Waals surface area (Å²) in [6.07, 6.45) is -1.73. The third-order valence-corrected chi connectivity index (χ3v) is 6.39. The topological polar surface area (TPSA) is 98.8 Å². The number of nitrogens with one attached hydrogen (secondary N) is 1. The molecule has 1 atom stereocenters. The summed E-state index contributed by atoms with van der Waals surface area (Å²) in [6.45, 7) is 0. The lowest BCUT2D eigenvalue weighted by molar-refractivity contribution is -0.137. The summed E-state index contributed by atoms with van der Waals surface area (Å²) in [5, 5.41) is 17.3. The van der Waals surface area contributed by atoms with Crippen LogP contribution in [0.2, 0.25) is 0 Å². The van der Waals surface area contributed by atoms with Crippen LogP contribution in [0.3, 0.4) is 0 Å². The maximum Gasteiger partial charge on any atom is 0.416 e. The molecule has 1 aliphatic carbocycles. The molecule has 5 rings (SSSR count). The lowest BCUT2D eigenvalue weighted by Crippen LogP contribution is -2.38. The number of hydrogen-bond acceptors (Lipinski definition) is 5. The van der Waals surface area contributed by atoms with Crippen molar-refractivity contribution in [3.05, 3.63) is 94.6 Å². The quantitative estimate of drug-likeness (QED) is 0.529. The number of allylic oxidation sites excluding steroid dienone is 3. The molecule has 6 nitrogen and oxygen atoms in total. The van der Waals surface area contributed by atoms with Gasteiger partial charge in [-0.05, 0) is 36.6 Å². The zero-order valence-corrected chi connectivity index (χ0v) is 18.4. The van der Waals surface area contributed by atoms with E-state index in [9.17, 15) is 23.2 Å². The Hall–Kier alpha value is -4.32. The second-order valence-electron chi connectivity index (χ2n) is 8.43. The van der Waals surface area contributed by atoms with E-state index in [-0.39, 0.29) is 29.3 Å². The summed E-state index contributed by atoms with van der Waals surface area (Å²) in [6, 6.07) is 16.2. The normalized spacial score (nSPS) is 18.5. The molecular weight excluding hydrogens is 455 g/mol. The lowest BCUT2D eigenvalue weighted by Gasteiger charge is -2.39. The number of ketones is 1. The van der Waals surface area contributed by atoms with Crippen molar-refractivity contribution in [3.63, 3.8) is 0 Å². The first-order valence-corrected chi connectivity index (χ1v) is 11.0. The molecule has 0 saturated heterocycles. The molecule has 0 radical (unpaired) electrons. The summed E-state index contributed by atoms with van der Waals surface area (Å²) in [4.78, 5) is 14.7. The molecule has 2 heterocycles. The third-order valence-electron chi connectivity index (χ3n) is 6.39. The highest BCUT2D eigenvalue weighted by molar-refractivity contribution is 6.01. The van der Waals surface area contributed by atoms with Gasteiger partial charge in [0.1, 0.15) is 5.82 Å². The Morgan fingerprint density at radius 1 is 1.11 bits per heavy atom. The molecule has 0 bridgehead atoms. The standard InChI is InChI=1S/C26H20F3N5O/c27-26(28,29)16-8-4-9-17(12-16)34-20-10-5-11-21(35)23(20)22(18(13-30)25(34)31)19-14-32-33-24(19)15-6-2-1-3-7-15/h1-4,6-9,12,14,22H,5,10-11,31H2,(H,32,33)/t22-/m1/s1. The monoisotopic (exact) mass is 475 g/mol. The molecule has 1 aromatic heterocycles. The van der Waals surface area contributed by atoms with E-state index in [1.165, 1.54) is 17.0 Å². The lowest BCUT2D eigenvalue weighted by atomic mass is 9.75. The highest BCUT2D eigenvalue weighted by Crippen LogP contribution is 2.48. The van der Waals surface area contributed by atoms with E-state index in [2.05, 4.69) is 16.3 Å². The van der Waals surface area contributed by atoms with E-state index >= 15 is 0 Å². The van der Waals surface area contributed by atoms with Gasteiger partial charge in [0.2, 0.25) is 0 Å². The molecule has 2 aromatic carbocycles. The number of H-pyrrole nitrogens is 1. The second kappa shape index (κ2) is 8.47. The summed E-state index contributed by atoms with van der Waals surface area (Å²) in [5.74, 6) is -0.932. The molecule has 0 amide bonds.